The van der Waals surface area contributed by atoms with Crippen LogP contribution in [0.2, 0.25) is 0 Å². The van der Waals surface area contributed by atoms with E-state index in [2.05, 4.69) is 48.5 Å². The lowest BCUT2D eigenvalue weighted by molar-refractivity contribution is -0.111. The van der Waals surface area contributed by atoms with Crippen molar-refractivity contribution in [2.45, 2.75) is 90.9 Å². The largest absolute Gasteiger partial charge is 0.295 e. The lowest BCUT2D eigenvalue weighted by Gasteiger charge is -2.40. The molecule has 0 unspecified atom stereocenters. The molecule has 17 heavy (non-hydrogen) atoms. The first-order chi connectivity index (χ1) is 7.60. The van der Waals surface area contributed by atoms with E-state index >= 15 is 0 Å². The summed E-state index contributed by atoms with van der Waals surface area (Å²) < 4.78 is 0. The quantitative estimate of drug-likeness (QED) is 0.450. The van der Waals surface area contributed by atoms with Crippen LogP contribution in [0.4, 0.5) is 0 Å². The Bertz CT molecular complexity index is 218. The Morgan fingerprint density at radius 3 is 1.71 bits per heavy atom. The summed E-state index contributed by atoms with van der Waals surface area (Å²) in [6, 6.07) is 0. The van der Waals surface area contributed by atoms with Crippen molar-refractivity contribution in [1.29, 1.82) is 0 Å². The van der Waals surface area contributed by atoms with Gasteiger partial charge in [-0.2, -0.15) is 0 Å². The van der Waals surface area contributed by atoms with E-state index in [1.54, 1.807) is 0 Å². The zero-order valence-corrected chi connectivity index (χ0v) is 13.8. The highest BCUT2D eigenvalue weighted by atomic mass is 31.1. The summed E-state index contributed by atoms with van der Waals surface area (Å²) in [7, 11) is -0.564. The van der Waals surface area contributed by atoms with Gasteiger partial charge in [0, 0.05) is 6.42 Å². The van der Waals surface area contributed by atoms with Crippen LogP contribution in [-0.2, 0) is 4.79 Å². The molecule has 0 aliphatic carbocycles. The zero-order valence-electron chi connectivity index (χ0n) is 12.9. The summed E-state index contributed by atoms with van der Waals surface area (Å²) in [6.45, 7) is 15.5. The monoisotopic (exact) mass is 258 g/mol. The van der Waals surface area contributed by atoms with Crippen molar-refractivity contribution in [1.82, 2.24) is 0 Å². The van der Waals surface area contributed by atoms with E-state index in [0.717, 1.165) is 12.8 Å². The maximum absolute atomic E-state index is 12.4. The van der Waals surface area contributed by atoms with Crippen LogP contribution >= 0.6 is 7.92 Å². The predicted octanol–water partition coefficient (Wildman–Crippen LogP) is 5.56. The van der Waals surface area contributed by atoms with Gasteiger partial charge >= 0.3 is 0 Å². The number of carbonyl (C=O) groups excluding carboxylic acids is 1. The molecule has 0 saturated heterocycles. The molecule has 1 nitrogen and oxygen atoms in total. The van der Waals surface area contributed by atoms with Gasteiger partial charge in [0.1, 0.15) is 0 Å². The number of unbranched alkanes of at least 4 members (excludes halogenated alkanes) is 3. The summed E-state index contributed by atoms with van der Waals surface area (Å²) in [5.74, 6) is 0. The topological polar surface area (TPSA) is 17.1 Å². The first-order valence-electron chi connectivity index (χ1n) is 6.94. The molecule has 0 atom stereocenters. The van der Waals surface area contributed by atoms with E-state index in [-0.39, 0.29) is 10.3 Å². The van der Waals surface area contributed by atoms with Gasteiger partial charge < -0.3 is 0 Å². The molecule has 0 spiro atoms. The van der Waals surface area contributed by atoms with Crippen molar-refractivity contribution in [3.63, 3.8) is 0 Å². The maximum atomic E-state index is 12.4. The Balaban J connectivity index is 4.47. The van der Waals surface area contributed by atoms with E-state index in [4.69, 9.17) is 0 Å². The smallest absolute Gasteiger partial charge is 0.155 e. The fraction of sp³-hybridized carbons (Fsp3) is 0.933. The zero-order chi connectivity index (χ0) is 13.7. The van der Waals surface area contributed by atoms with Crippen molar-refractivity contribution < 1.29 is 4.79 Å². The SMILES string of the molecule is CCCCCCC(=O)P(C(C)(C)C)C(C)(C)C. The molecule has 0 heterocycles. The van der Waals surface area contributed by atoms with Gasteiger partial charge in [0.25, 0.3) is 0 Å². The molecule has 0 bridgehead atoms. The number of hydrogen-bond acceptors (Lipinski definition) is 1. The Labute approximate surface area is 110 Å². The van der Waals surface area contributed by atoms with Crippen LogP contribution in [0.1, 0.15) is 80.6 Å². The van der Waals surface area contributed by atoms with Gasteiger partial charge in [-0.1, -0.05) is 67.7 Å². The van der Waals surface area contributed by atoms with E-state index in [1.807, 2.05) is 0 Å². The summed E-state index contributed by atoms with van der Waals surface area (Å²) in [6.07, 6.45) is 5.58. The molecule has 0 rings (SSSR count). The third-order valence-electron chi connectivity index (χ3n) is 2.84. The summed E-state index contributed by atoms with van der Waals surface area (Å²) in [5.41, 5.74) is 0.524. The Morgan fingerprint density at radius 1 is 0.882 bits per heavy atom. The molecule has 0 aliphatic rings. The van der Waals surface area contributed by atoms with E-state index in [1.165, 1.54) is 19.3 Å². The van der Waals surface area contributed by atoms with E-state index < -0.39 is 7.92 Å². The third kappa shape index (κ3) is 6.55. The summed E-state index contributed by atoms with van der Waals surface area (Å²) in [5, 5.41) is 0.269. The minimum atomic E-state index is -0.564. The number of rotatable bonds is 6. The van der Waals surface area contributed by atoms with Gasteiger partial charge in [-0.3, -0.25) is 4.79 Å². The second-order valence-corrected chi connectivity index (χ2v) is 10.7. The first-order valence-corrected chi connectivity index (χ1v) is 8.28. The number of carbonyl (C=O) groups is 1. The van der Waals surface area contributed by atoms with Gasteiger partial charge in [-0.15, -0.1) is 0 Å². The average molecular weight is 258 g/mol. The summed E-state index contributed by atoms with van der Waals surface area (Å²) >= 11 is 0. The molecule has 2 heteroatoms. The van der Waals surface area contributed by atoms with Crippen molar-refractivity contribution in [2.75, 3.05) is 0 Å². The van der Waals surface area contributed by atoms with E-state index in [9.17, 15) is 4.79 Å². The highest BCUT2D eigenvalue weighted by Gasteiger charge is 2.38. The molecule has 0 radical (unpaired) electrons. The Morgan fingerprint density at radius 2 is 1.35 bits per heavy atom. The van der Waals surface area contributed by atoms with Crippen molar-refractivity contribution >= 4 is 13.4 Å². The fourth-order valence-electron chi connectivity index (χ4n) is 2.57. The van der Waals surface area contributed by atoms with Crippen LogP contribution in [0, 0.1) is 0 Å². The predicted molar refractivity (Wildman–Crippen MR) is 80.2 cm³/mol. The lowest BCUT2D eigenvalue weighted by atomic mass is 10.2. The molecule has 0 saturated carbocycles. The van der Waals surface area contributed by atoms with E-state index in [0.29, 0.717) is 5.52 Å². The van der Waals surface area contributed by atoms with Crippen LogP contribution in [0.5, 0.6) is 0 Å². The van der Waals surface area contributed by atoms with Crippen molar-refractivity contribution in [3.8, 4) is 0 Å². The molecule has 0 amide bonds. The standard InChI is InChI=1S/C15H31OP/c1-8-9-10-11-12-13(16)17(14(2,3)4)15(5,6)7/h8-12H2,1-7H3. The third-order valence-corrected chi connectivity index (χ3v) is 6.24. The maximum Gasteiger partial charge on any atom is 0.155 e. The van der Waals surface area contributed by atoms with Crippen LogP contribution in [0.25, 0.3) is 0 Å². The molecule has 0 fully saturated rings. The molecular formula is C15H31OP. The lowest BCUT2D eigenvalue weighted by Crippen LogP contribution is -2.29. The molecule has 102 valence electrons. The minimum Gasteiger partial charge on any atom is -0.295 e. The van der Waals surface area contributed by atoms with Crippen LogP contribution in [0.15, 0.2) is 0 Å². The molecule has 0 aromatic carbocycles. The highest BCUT2D eigenvalue weighted by Crippen LogP contribution is 2.60. The molecule has 0 N–H and O–H groups in total. The molecule has 0 aromatic heterocycles. The van der Waals surface area contributed by atoms with Gasteiger partial charge in [-0.25, -0.2) is 0 Å². The minimum absolute atomic E-state index is 0.134. The van der Waals surface area contributed by atoms with Gasteiger partial charge in [-0.05, 0) is 24.7 Å². The van der Waals surface area contributed by atoms with Gasteiger partial charge in [0.15, 0.2) is 5.52 Å². The Kier molecular flexibility index (Phi) is 6.92. The Hall–Kier alpha value is 0.100. The van der Waals surface area contributed by atoms with Crippen LogP contribution < -0.4 is 0 Å². The fourth-order valence-corrected chi connectivity index (χ4v) is 6.46. The van der Waals surface area contributed by atoms with Crippen LogP contribution in [-0.4, -0.2) is 15.8 Å². The molecule has 0 aromatic rings. The normalized spacial score (nSPS) is 13.2. The van der Waals surface area contributed by atoms with Gasteiger partial charge in [0.05, 0.1) is 0 Å². The molecule has 0 aliphatic heterocycles. The first kappa shape index (κ1) is 17.1. The second-order valence-electron chi connectivity index (χ2n) is 6.88. The molecular weight excluding hydrogens is 227 g/mol. The van der Waals surface area contributed by atoms with Gasteiger partial charge in [0.2, 0.25) is 0 Å². The van der Waals surface area contributed by atoms with Crippen molar-refractivity contribution in [2.24, 2.45) is 0 Å². The van der Waals surface area contributed by atoms with Crippen LogP contribution in [0.3, 0.4) is 0 Å². The second kappa shape index (κ2) is 6.88. The highest BCUT2D eigenvalue weighted by molar-refractivity contribution is 7.77. The van der Waals surface area contributed by atoms with Crippen molar-refractivity contribution in [3.05, 3.63) is 0 Å². The number of hydrogen-bond donors (Lipinski definition) is 0. The average Bonchev–Trinajstić information content (AvgIpc) is 2.07. The summed E-state index contributed by atoms with van der Waals surface area (Å²) in [4.78, 5) is 12.4.